The van der Waals surface area contributed by atoms with Crippen molar-refractivity contribution in [2.24, 2.45) is 0 Å². The van der Waals surface area contributed by atoms with E-state index in [0.717, 1.165) is 0 Å². The number of nitrogens with one attached hydrogen (secondary N) is 5. The van der Waals surface area contributed by atoms with Crippen LogP contribution >= 0.6 is 0 Å². The van der Waals surface area contributed by atoms with Gasteiger partial charge in [0.2, 0.25) is 17.8 Å². The maximum Gasteiger partial charge on any atom is 0.326 e. The molecule has 2 unspecified atom stereocenters. The van der Waals surface area contributed by atoms with Crippen LogP contribution in [0.3, 0.4) is 0 Å². The molecule has 50 heavy (non-hydrogen) atoms. The third-order valence-corrected chi connectivity index (χ3v) is 6.93. The van der Waals surface area contributed by atoms with Crippen molar-refractivity contribution in [1.82, 2.24) is 35.9 Å². The number of nitrogens with zero attached hydrogens (tertiary/aromatic N) is 3. The van der Waals surface area contributed by atoms with E-state index >= 15 is 0 Å². The Hall–Kier alpha value is -6.67. The molecule has 0 fully saturated rings. The number of benzene rings is 1. The Kier molecular flexibility index (Phi) is 13.2. The normalized spacial score (nSPS) is 12.6. The fourth-order valence-corrected chi connectivity index (χ4v) is 4.36. The van der Waals surface area contributed by atoms with Gasteiger partial charge in [0.05, 0.1) is 18.4 Å². The Balaban J connectivity index is 1.56. The number of nitrogens with two attached hydrogens (primary N) is 1. The quantitative estimate of drug-likeness (QED) is 0.0691. The number of carboxylic acids is 4. The zero-order valence-corrected chi connectivity index (χ0v) is 26.0. The SMILES string of the molecule is Nc1nc2ncc(CNc3ccc(C(=O)N[C@@H](CCC(=O)NC(CCC(=O)O)C(=O)NC(CCC(=O)O)C(=O)O)C(=O)O)cc3)nc2c(=O)[nH]1. The summed E-state index contributed by atoms with van der Waals surface area (Å²) in [7, 11) is 0. The molecule has 2 aromatic heterocycles. The van der Waals surface area contributed by atoms with Crippen molar-refractivity contribution in [1.29, 1.82) is 0 Å². The second-order valence-corrected chi connectivity index (χ2v) is 10.7. The lowest BCUT2D eigenvalue weighted by atomic mass is 10.1. The molecule has 3 amide bonds. The second-order valence-electron chi connectivity index (χ2n) is 10.7. The van der Waals surface area contributed by atoms with E-state index in [0.29, 0.717) is 11.4 Å². The molecule has 3 aromatic rings. The average Bonchev–Trinajstić information content (AvgIpc) is 3.05. The highest BCUT2D eigenvalue weighted by Crippen LogP contribution is 2.13. The molecule has 1 aromatic carbocycles. The minimum Gasteiger partial charge on any atom is -0.481 e. The van der Waals surface area contributed by atoms with Gasteiger partial charge in [-0.1, -0.05) is 0 Å². The smallest absolute Gasteiger partial charge is 0.326 e. The van der Waals surface area contributed by atoms with E-state index in [2.05, 4.69) is 41.2 Å². The van der Waals surface area contributed by atoms with Gasteiger partial charge in [-0.3, -0.25) is 33.8 Å². The van der Waals surface area contributed by atoms with E-state index in [-0.39, 0.29) is 29.2 Å². The molecular weight excluding hydrogens is 666 g/mol. The number of hydrogen-bond acceptors (Lipinski definition) is 13. The number of carbonyl (C=O) groups excluding carboxylic acids is 3. The number of H-pyrrole nitrogens is 1. The molecule has 2 heterocycles. The minimum atomic E-state index is -1.64. The molecular formula is C29H33N9O12. The van der Waals surface area contributed by atoms with E-state index in [1.165, 1.54) is 30.5 Å². The maximum absolute atomic E-state index is 12.8. The van der Waals surface area contributed by atoms with Crippen molar-refractivity contribution in [3.05, 3.63) is 52.1 Å². The largest absolute Gasteiger partial charge is 0.481 e. The van der Waals surface area contributed by atoms with Crippen molar-refractivity contribution >= 4 is 64.4 Å². The molecule has 0 saturated heterocycles. The molecule has 0 aliphatic rings. The standard InChI is InChI=1S/C29H33N9O12/c30-29-37-23-22(26(46)38-29)33-15(12-32-23)11-31-14-3-1-13(2-4-14)24(44)35-17(27(47)48)5-8-19(39)34-16(6-9-20(40)41)25(45)36-18(28(49)50)7-10-21(42)43/h1-4,12,16-18,31H,5-11H2,(H,34,39)(H,35,44)(H,36,45)(H,40,41)(H,42,43)(H,47,48)(H,49,50)(H3,30,32,37,38,46)/t16?,17-,18?/m0/s1. The van der Waals surface area contributed by atoms with E-state index in [1.54, 1.807) is 0 Å². The topological polar surface area (TPSA) is 346 Å². The highest BCUT2D eigenvalue weighted by Gasteiger charge is 2.28. The number of rotatable bonds is 19. The Morgan fingerprint density at radius 3 is 1.94 bits per heavy atom. The first kappa shape index (κ1) is 37.8. The lowest BCUT2D eigenvalue weighted by Crippen LogP contribution is -2.52. The Bertz CT molecular complexity index is 1830. The summed E-state index contributed by atoms with van der Waals surface area (Å²) in [4.78, 5) is 110. The summed E-state index contributed by atoms with van der Waals surface area (Å²) in [6.07, 6.45) is -1.69. The zero-order chi connectivity index (χ0) is 37.0. The third-order valence-electron chi connectivity index (χ3n) is 6.93. The van der Waals surface area contributed by atoms with Crippen LogP contribution in [0.5, 0.6) is 0 Å². The number of aromatic nitrogens is 4. The van der Waals surface area contributed by atoms with Crippen LogP contribution in [0, 0.1) is 0 Å². The fraction of sp³-hybridized carbons (Fsp3) is 0.345. The number of aromatic amines is 1. The number of anilines is 2. The molecule has 0 aliphatic carbocycles. The maximum atomic E-state index is 12.8. The molecule has 0 radical (unpaired) electrons. The van der Waals surface area contributed by atoms with Crippen LogP contribution in [0.15, 0.2) is 35.3 Å². The molecule has 3 rings (SSSR count). The van der Waals surface area contributed by atoms with Crippen LogP contribution in [-0.4, -0.2) is 100 Å². The van der Waals surface area contributed by atoms with Gasteiger partial charge in [0.1, 0.15) is 18.1 Å². The van der Waals surface area contributed by atoms with E-state index in [9.17, 15) is 48.6 Å². The van der Waals surface area contributed by atoms with Crippen LogP contribution in [0.25, 0.3) is 11.2 Å². The van der Waals surface area contributed by atoms with Crippen molar-refractivity contribution in [2.75, 3.05) is 11.1 Å². The summed E-state index contributed by atoms with van der Waals surface area (Å²) in [5.41, 5.74) is 6.04. The summed E-state index contributed by atoms with van der Waals surface area (Å²) in [5, 5.41) is 46.4. The highest BCUT2D eigenvalue weighted by atomic mass is 16.4. The Morgan fingerprint density at radius 2 is 1.34 bits per heavy atom. The summed E-state index contributed by atoms with van der Waals surface area (Å²) in [5.74, 6) is -8.52. The molecule has 3 atom stereocenters. The fourth-order valence-electron chi connectivity index (χ4n) is 4.36. The van der Waals surface area contributed by atoms with E-state index in [4.69, 9.17) is 15.9 Å². The van der Waals surface area contributed by atoms with Crippen LogP contribution < -0.4 is 32.6 Å². The van der Waals surface area contributed by atoms with E-state index in [1.807, 2.05) is 0 Å². The molecule has 21 nitrogen and oxygen atoms in total. The first-order chi connectivity index (χ1) is 23.6. The first-order valence-corrected chi connectivity index (χ1v) is 14.8. The lowest BCUT2D eigenvalue weighted by Gasteiger charge is -2.21. The average molecular weight is 700 g/mol. The minimum absolute atomic E-state index is 0.00155. The van der Waals surface area contributed by atoms with Crippen molar-refractivity contribution in [3.63, 3.8) is 0 Å². The summed E-state index contributed by atoms with van der Waals surface area (Å²) in [6.45, 7) is 0.144. The van der Waals surface area contributed by atoms with Gasteiger partial charge in [-0.25, -0.2) is 19.6 Å². The van der Waals surface area contributed by atoms with Gasteiger partial charge in [0.15, 0.2) is 11.2 Å². The number of aliphatic carboxylic acids is 4. The second kappa shape index (κ2) is 17.5. The Labute approximate surface area is 280 Å². The van der Waals surface area contributed by atoms with Crippen LogP contribution in [0.2, 0.25) is 0 Å². The molecule has 0 aliphatic heterocycles. The van der Waals surface area contributed by atoms with Crippen LogP contribution in [0.4, 0.5) is 11.6 Å². The van der Waals surface area contributed by atoms with Gasteiger partial charge in [0.25, 0.3) is 11.5 Å². The number of fused-ring (bicyclic) bond motifs is 1. The third kappa shape index (κ3) is 11.5. The van der Waals surface area contributed by atoms with Crippen molar-refractivity contribution in [3.8, 4) is 0 Å². The number of carboxylic acid groups (broad SMARTS) is 4. The first-order valence-electron chi connectivity index (χ1n) is 14.8. The van der Waals surface area contributed by atoms with Gasteiger partial charge in [0, 0.05) is 30.5 Å². The monoisotopic (exact) mass is 699 g/mol. The van der Waals surface area contributed by atoms with Crippen molar-refractivity contribution in [2.45, 2.75) is 63.2 Å². The molecule has 0 spiro atoms. The summed E-state index contributed by atoms with van der Waals surface area (Å²) in [6, 6.07) is 1.13. The number of amides is 3. The highest BCUT2D eigenvalue weighted by molar-refractivity contribution is 5.97. The molecule has 0 saturated carbocycles. The van der Waals surface area contributed by atoms with Gasteiger partial charge >= 0.3 is 23.9 Å². The van der Waals surface area contributed by atoms with Gasteiger partial charge in [-0.15, -0.1) is 0 Å². The van der Waals surface area contributed by atoms with Gasteiger partial charge in [-0.05, 0) is 43.5 Å². The lowest BCUT2D eigenvalue weighted by molar-refractivity contribution is -0.144. The van der Waals surface area contributed by atoms with Crippen molar-refractivity contribution < 1.29 is 54.0 Å². The predicted octanol–water partition coefficient (Wildman–Crippen LogP) is -1.35. The Morgan fingerprint density at radius 1 is 0.760 bits per heavy atom. The molecule has 11 N–H and O–H groups in total. The zero-order valence-electron chi connectivity index (χ0n) is 26.0. The van der Waals surface area contributed by atoms with Gasteiger partial charge < -0.3 is 47.4 Å². The number of hydrogen-bond donors (Lipinski definition) is 10. The summed E-state index contributed by atoms with van der Waals surface area (Å²) >= 11 is 0. The predicted molar refractivity (Wildman–Crippen MR) is 169 cm³/mol. The molecule has 21 heteroatoms. The molecule has 266 valence electrons. The molecule has 0 bridgehead atoms. The van der Waals surface area contributed by atoms with Gasteiger partial charge in [-0.2, -0.15) is 4.98 Å². The summed E-state index contributed by atoms with van der Waals surface area (Å²) < 4.78 is 0. The van der Waals surface area contributed by atoms with E-state index < -0.39 is 104 Å². The van der Waals surface area contributed by atoms with Crippen LogP contribution in [-0.2, 0) is 35.3 Å². The number of nitrogen functional groups attached to an aromatic ring is 1. The van der Waals surface area contributed by atoms with Crippen LogP contribution in [0.1, 0.15) is 54.6 Å². The number of carbonyl (C=O) groups is 7.